The van der Waals surface area contributed by atoms with Crippen LogP contribution in [0.1, 0.15) is 49.7 Å². The Balaban J connectivity index is 0.00000240. The fourth-order valence-corrected chi connectivity index (χ4v) is 4.78. The number of carbonyl (C=O) groups is 1. The summed E-state index contributed by atoms with van der Waals surface area (Å²) in [6.07, 6.45) is 11.0. The number of amides is 1. The first-order valence-electron chi connectivity index (χ1n) is 10.1. The van der Waals surface area contributed by atoms with Crippen LogP contribution in [0.3, 0.4) is 0 Å². The number of rotatable bonds is 4. The average Bonchev–Trinajstić information content (AvgIpc) is 3.10. The van der Waals surface area contributed by atoms with Gasteiger partial charge in [-0.1, -0.05) is 43.0 Å². The molecule has 1 saturated heterocycles. The first-order chi connectivity index (χ1) is 13.7. The van der Waals surface area contributed by atoms with Crippen molar-refractivity contribution in [3.05, 3.63) is 52.8 Å². The SMILES string of the molecule is Cl.N#Cc1cncc(-c2ccc(CC3CCN(C4CCCCC4)C3=O)c(Cl)c2)c1. The molecule has 1 aliphatic carbocycles. The maximum absolute atomic E-state index is 12.9. The number of nitriles is 1. The molecule has 0 N–H and O–H groups in total. The Morgan fingerprint density at radius 2 is 1.90 bits per heavy atom. The van der Waals surface area contributed by atoms with Gasteiger partial charge in [-0.15, -0.1) is 12.4 Å². The molecule has 0 spiro atoms. The van der Waals surface area contributed by atoms with Crippen molar-refractivity contribution in [2.45, 2.75) is 51.0 Å². The third-order valence-electron chi connectivity index (χ3n) is 6.09. The summed E-state index contributed by atoms with van der Waals surface area (Å²) in [4.78, 5) is 19.2. The zero-order valence-electron chi connectivity index (χ0n) is 16.3. The molecule has 1 aromatic carbocycles. The van der Waals surface area contributed by atoms with E-state index in [4.69, 9.17) is 16.9 Å². The van der Waals surface area contributed by atoms with Crippen LogP contribution in [0.25, 0.3) is 11.1 Å². The van der Waals surface area contributed by atoms with Gasteiger partial charge in [-0.2, -0.15) is 5.26 Å². The fraction of sp³-hybridized carbons (Fsp3) is 0.435. The lowest BCUT2D eigenvalue weighted by Crippen LogP contribution is -2.39. The standard InChI is InChI=1S/C23H24ClN3O.ClH/c24-22-12-17(20-10-16(13-25)14-26-15-20)6-7-18(22)11-19-8-9-27(23(19)28)21-4-2-1-3-5-21;/h6-7,10,12,14-15,19,21H,1-5,8-9,11H2;1H. The predicted octanol–water partition coefficient (Wildman–Crippen LogP) is 5.42. The van der Waals surface area contributed by atoms with Crippen molar-refractivity contribution >= 4 is 29.9 Å². The Hall–Kier alpha value is -2.09. The normalized spacial score (nSPS) is 19.7. The van der Waals surface area contributed by atoms with E-state index in [2.05, 4.69) is 16.0 Å². The summed E-state index contributed by atoms with van der Waals surface area (Å²) in [5.74, 6) is 0.340. The van der Waals surface area contributed by atoms with Crippen molar-refractivity contribution < 1.29 is 4.79 Å². The minimum Gasteiger partial charge on any atom is -0.339 e. The van der Waals surface area contributed by atoms with E-state index < -0.39 is 0 Å². The second kappa shape index (κ2) is 9.61. The van der Waals surface area contributed by atoms with Crippen LogP contribution in [-0.2, 0) is 11.2 Å². The second-order valence-corrected chi connectivity index (χ2v) is 8.30. The average molecular weight is 430 g/mol. The first-order valence-corrected chi connectivity index (χ1v) is 10.5. The minimum absolute atomic E-state index is 0. The largest absolute Gasteiger partial charge is 0.339 e. The van der Waals surface area contributed by atoms with E-state index in [1.54, 1.807) is 18.5 Å². The quantitative estimate of drug-likeness (QED) is 0.651. The number of hydrogen-bond acceptors (Lipinski definition) is 3. The molecule has 2 fully saturated rings. The van der Waals surface area contributed by atoms with Crippen molar-refractivity contribution in [2.75, 3.05) is 6.54 Å². The van der Waals surface area contributed by atoms with Gasteiger partial charge in [0.25, 0.3) is 0 Å². The first kappa shape index (κ1) is 21.6. The lowest BCUT2D eigenvalue weighted by molar-refractivity contribution is -0.133. The van der Waals surface area contributed by atoms with Crippen LogP contribution in [0.5, 0.6) is 0 Å². The molecule has 1 atom stereocenters. The summed E-state index contributed by atoms with van der Waals surface area (Å²) in [6.45, 7) is 0.885. The third-order valence-corrected chi connectivity index (χ3v) is 6.44. The van der Waals surface area contributed by atoms with Gasteiger partial charge in [0, 0.05) is 41.5 Å². The highest BCUT2D eigenvalue weighted by Crippen LogP contribution is 2.33. The van der Waals surface area contributed by atoms with E-state index in [1.165, 1.54) is 19.3 Å². The third kappa shape index (κ3) is 4.74. The van der Waals surface area contributed by atoms with E-state index in [1.807, 2.05) is 18.2 Å². The van der Waals surface area contributed by atoms with Gasteiger partial charge in [-0.3, -0.25) is 9.78 Å². The lowest BCUT2D eigenvalue weighted by atomic mass is 9.93. The van der Waals surface area contributed by atoms with E-state index in [-0.39, 0.29) is 18.3 Å². The number of likely N-dealkylation sites (tertiary alicyclic amines) is 1. The summed E-state index contributed by atoms with van der Waals surface area (Å²) in [5, 5.41) is 9.73. The van der Waals surface area contributed by atoms with Crippen LogP contribution >= 0.6 is 24.0 Å². The van der Waals surface area contributed by atoms with Gasteiger partial charge in [-0.05, 0) is 48.9 Å². The molecular weight excluding hydrogens is 405 g/mol. The Morgan fingerprint density at radius 3 is 2.62 bits per heavy atom. The van der Waals surface area contributed by atoms with Crippen LogP contribution in [-0.4, -0.2) is 28.4 Å². The number of nitrogens with zero attached hydrogens (tertiary/aromatic N) is 3. The fourth-order valence-electron chi connectivity index (χ4n) is 4.52. The topological polar surface area (TPSA) is 57.0 Å². The number of carbonyl (C=O) groups excluding carboxylic acids is 1. The Labute approximate surface area is 183 Å². The molecule has 2 aromatic rings. The van der Waals surface area contributed by atoms with E-state index in [9.17, 15) is 4.79 Å². The summed E-state index contributed by atoms with van der Waals surface area (Å²) >= 11 is 6.55. The van der Waals surface area contributed by atoms with Crippen LogP contribution in [0.4, 0.5) is 0 Å². The molecule has 1 aromatic heterocycles. The van der Waals surface area contributed by atoms with Gasteiger partial charge < -0.3 is 4.90 Å². The van der Waals surface area contributed by atoms with Crippen LogP contribution in [0.15, 0.2) is 36.7 Å². The highest BCUT2D eigenvalue weighted by atomic mass is 35.5. The van der Waals surface area contributed by atoms with Crippen LogP contribution in [0, 0.1) is 17.2 Å². The summed E-state index contributed by atoms with van der Waals surface area (Å²) in [5.41, 5.74) is 3.34. The number of halogens is 2. The molecule has 4 rings (SSSR count). The molecule has 4 nitrogen and oxygen atoms in total. The van der Waals surface area contributed by atoms with Crippen molar-refractivity contribution in [2.24, 2.45) is 5.92 Å². The maximum atomic E-state index is 12.9. The number of hydrogen-bond donors (Lipinski definition) is 0. The molecule has 2 aliphatic rings. The Kier molecular flexibility index (Phi) is 7.16. The monoisotopic (exact) mass is 429 g/mol. The predicted molar refractivity (Wildman–Crippen MR) is 117 cm³/mol. The summed E-state index contributed by atoms with van der Waals surface area (Å²) in [6, 6.07) is 10.3. The van der Waals surface area contributed by atoms with Crippen molar-refractivity contribution in [1.82, 2.24) is 9.88 Å². The molecule has 152 valence electrons. The summed E-state index contributed by atoms with van der Waals surface area (Å²) in [7, 11) is 0. The van der Waals surface area contributed by atoms with Gasteiger partial charge in [0.2, 0.25) is 5.91 Å². The highest BCUT2D eigenvalue weighted by Gasteiger charge is 2.36. The summed E-state index contributed by atoms with van der Waals surface area (Å²) < 4.78 is 0. The van der Waals surface area contributed by atoms with Crippen LogP contribution in [0.2, 0.25) is 5.02 Å². The van der Waals surface area contributed by atoms with Crippen molar-refractivity contribution in [3.8, 4) is 17.2 Å². The molecular formula is C23H25Cl2N3O. The van der Waals surface area contributed by atoms with Gasteiger partial charge in [0.1, 0.15) is 6.07 Å². The molecule has 6 heteroatoms. The Bertz CT molecular complexity index is 919. The molecule has 1 saturated carbocycles. The zero-order chi connectivity index (χ0) is 19.5. The molecule has 1 aliphatic heterocycles. The molecule has 1 amide bonds. The maximum Gasteiger partial charge on any atom is 0.226 e. The van der Waals surface area contributed by atoms with Gasteiger partial charge in [0.05, 0.1) is 5.56 Å². The van der Waals surface area contributed by atoms with Crippen molar-refractivity contribution in [1.29, 1.82) is 5.26 Å². The van der Waals surface area contributed by atoms with Gasteiger partial charge in [-0.25, -0.2) is 0 Å². The van der Waals surface area contributed by atoms with Gasteiger partial charge in [0.15, 0.2) is 0 Å². The lowest BCUT2D eigenvalue weighted by Gasteiger charge is -2.31. The van der Waals surface area contributed by atoms with Gasteiger partial charge >= 0.3 is 0 Å². The second-order valence-electron chi connectivity index (χ2n) is 7.89. The minimum atomic E-state index is 0. The van der Waals surface area contributed by atoms with Crippen molar-refractivity contribution in [3.63, 3.8) is 0 Å². The molecule has 0 radical (unpaired) electrons. The van der Waals surface area contributed by atoms with Crippen LogP contribution < -0.4 is 0 Å². The highest BCUT2D eigenvalue weighted by molar-refractivity contribution is 6.31. The zero-order valence-corrected chi connectivity index (χ0v) is 17.9. The molecule has 29 heavy (non-hydrogen) atoms. The molecule has 1 unspecified atom stereocenters. The molecule has 2 heterocycles. The molecule has 0 bridgehead atoms. The number of pyridine rings is 1. The number of aromatic nitrogens is 1. The smallest absolute Gasteiger partial charge is 0.226 e. The van der Waals surface area contributed by atoms with E-state index >= 15 is 0 Å². The number of benzene rings is 1. The van der Waals surface area contributed by atoms with E-state index in [0.717, 1.165) is 42.5 Å². The Morgan fingerprint density at radius 1 is 1.10 bits per heavy atom. The van der Waals surface area contributed by atoms with E-state index in [0.29, 0.717) is 29.0 Å².